The third-order valence-electron chi connectivity index (χ3n) is 3.86. The zero-order chi connectivity index (χ0) is 15.9. The van der Waals surface area contributed by atoms with Gasteiger partial charge >= 0.3 is 0 Å². The Hall–Kier alpha value is -1.56. The third-order valence-corrected chi connectivity index (χ3v) is 6.02. The van der Waals surface area contributed by atoms with Crippen molar-refractivity contribution in [2.75, 3.05) is 10.8 Å². The molecule has 3 rings (SSSR count). The summed E-state index contributed by atoms with van der Waals surface area (Å²) in [5.74, 6) is 0. The maximum absolute atomic E-state index is 13.1. The lowest BCUT2D eigenvalue weighted by molar-refractivity contribution is 0.575. The maximum atomic E-state index is 13.1. The Kier molecular flexibility index (Phi) is 3.89. The second-order valence-electron chi connectivity index (χ2n) is 5.54. The second-order valence-corrected chi connectivity index (χ2v) is 7.81. The first-order valence-corrected chi connectivity index (χ1v) is 8.84. The molecule has 0 radical (unpaired) electrons. The summed E-state index contributed by atoms with van der Waals surface area (Å²) in [5, 5.41) is 0.402. The zero-order valence-electron chi connectivity index (χ0n) is 12.2. The summed E-state index contributed by atoms with van der Waals surface area (Å²) >= 11 is 5.98. The number of nitrogens with zero attached hydrogens (tertiary/aromatic N) is 1. The van der Waals surface area contributed by atoms with Crippen LogP contribution in [0.5, 0.6) is 0 Å². The smallest absolute Gasteiger partial charge is 0.264 e. The van der Waals surface area contributed by atoms with Gasteiger partial charge in [-0.15, -0.1) is 0 Å². The first-order chi connectivity index (χ1) is 10.4. The van der Waals surface area contributed by atoms with Crippen LogP contribution in [0, 0.1) is 6.92 Å². The highest BCUT2D eigenvalue weighted by molar-refractivity contribution is 7.92. The van der Waals surface area contributed by atoms with Gasteiger partial charge in [0.25, 0.3) is 10.0 Å². The lowest BCUT2D eigenvalue weighted by Gasteiger charge is -2.34. The molecular weight excluding hydrogens is 320 g/mol. The molecule has 0 fully saturated rings. The highest BCUT2D eigenvalue weighted by Crippen LogP contribution is 2.33. The van der Waals surface area contributed by atoms with Crippen LogP contribution in [0.1, 0.15) is 11.1 Å². The molecule has 0 amide bonds. The molecule has 1 unspecified atom stereocenters. The van der Waals surface area contributed by atoms with Crippen molar-refractivity contribution >= 4 is 27.3 Å². The molecule has 2 N–H and O–H groups in total. The molecule has 0 aromatic heterocycles. The maximum Gasteiger partial charge on any atom is 0.264 e. The lowest BCUT2D eigenvalue weighted by atomic mass is 10.0. The van der Waals surface area contributed by atoms with Gasteiger partial charge in [0.05, 0.1) is 10.6 Å². The average Bonchev–Trinajstić information content (AvgIpc) is 2.48. The van der Waals surface area contributed by atoms with Gasteiger partial charge in [-0.2, -0.15) is 0 Å². The van der Waals surface area contributed by atoms with Crippen LogP contribution in [-0.2, 0) is 16.4 Å². The molecule has 2 aromatic rings. The molecule has 0 spiro atoms. The van der Waals surface area contributed by atoms with Crippen LogP contribution in [0.3, 0.4) is 0 Å². The Morgan fingerprint density at radius 2 is 1.95 bits per heavy atom. The molecular formula is C16H17ClN2O2S. The number of anilines is 1. The van der Waals surface area contributed by atoms with Gasteiger partial charge in [0.15, 0.2) is 0 Å². The van der Waals surface area contributed by atoms with E-state index in [1.807, 2.05) is 24.3 Å². The topological polar surface area (TPSA) is 63.4 Å². The third kappa shape index (κ3) is 2.60. The van der Waals surface area contributed by atoms with E-state index >= 15 is 0 Å². The van der Waals surface area contributed by atoms with Gasteiger partial charge in [-0.1, -0.05) is 35.9 Å². The molecule has 4 nitrogen and oxygen atoms in total. The summed E-state index contributed by atoms with van der Waals surface area (Å²) in [6.45, 7) is 2.03. The zero-order valence-corrected chi connectivity index (χ0v) is 13.7. The van der Waals surface area contributed by atoms with Gasteiger partial charge in [0.1, 0.15) is 0 Å². The average molecular weight is 337 g/mol. The van der Waals surface area contributed by atoms with Crippen LogP contribution in [-0.4, -0.2) is 21.0 Å². The molecule has 1 atom stereocenters. The van der Waals surface area contributed by atoms with Crippen molar-refractivity contribution in [2.45, 2.75) is 24.3 Å². The summed E-state index contributed by atoms with van der Waals surface area (Å²) < 4.78 is 27.6. The summed E-state index contributed by atoms with van der Waals surface area (Å²) in [6, 6.07) is 12.1. The van der Waals surface area contributed by atoms with E-state index in [-0.39, 0.29) is 17.5 Å². The van der Waals surface area contributed by atoms with Crippen molar-refractivity contribution in [1.29, 1.82) is 0 Å². The number of aryl methyl sites for hydroxylation is 1. The van der Waals surface area contributed by atoms with Crippen LogP contribution in [0.15, 0.2) is 47.4 Å². The SMILES string of the molecule is Cc1ccc(Cl)cc1S(=O)(=O)N1CC(N)Cc2ccccc21. The monoisotopic (exact) mass is 336 g/mol. The van der Waals surface area contributed by atoms with Gasteiger partial charge in [-0.05, 0) is 42.7 Å². The Morgan fingerprint density at radius 3 is 2.73 bits per heavy atom. The van der Waals surface area contributed by atoms with Gasteiger partial charge < -0.3 is 5.73 Å². The number of halogens is 1. The van der Waals surface area contributed by atoms with Crippen molar-refractivity contribution in [3.05, 3.63) is 58.6 Å². The van der Waals surface area contributed by atoms with Crippen LogP contribution in [0.25, 0.3) is 0 Å². The summed E-state index contributed by atoms with van der Waals surface area (Å²) in [4.78, 5) is 0.226. The van der Waals surface area contributed by atoms with Crippen molar-refractivity contribution in [2.24, 2.45) is 5.73 Å². The van der Waals surface area contributed by atoms with Crippen LogP contribution in [0.2, 0.25) is 5.02 Å². The molecule has 22 heavy (non-hydrogen) atoms. The lowest BCUT2D eigenvalue weighted by Crippen LogP contribution is -2.46. The second kappa shape index (κ2) is 5.57. The highest BCUT2D eigenvalue weighted by atomic mass is 35.5. The highest BCUT2D eigenvalue weighted by Gasteiger charge is 2.32. The normalized spacial score (nSPS) is 18.1. The summed E-state index contributed by atoms with van der Waals surface area (Å²) in [7, 11) is -3.69. The van der Waals surface area contributed by atoms with Crippen molar-refractivity contribution in [3.8, 4) is 0 Å². The van der Waals surface area contributed by atoms with E-state index in [2.05, 4.69) is 0 Å². The molecule has 0 saturated carbocycles. The minimum absolute atomic E-state index is 0.218. The number of hydrogen-bond donors (Lipinski definition) is 1. The van der Waals surface area contributed by atoms with E-state index in [1.165, 1.54) is 10.4 Å². The van der Waals surface area contributed by atoms with Crippen LogP contribution < -0.4 is 10.0 Å². The predicted molar refractivity (Wildman–Crippen MR) is 88.8 cm³/mol. The largest absolute Gasteiger partial charge is 0.326 e. The van der Waals surface area contributed by atoms with Crippen LogP contribution >= 0.6 is 11.6 Å². The number of rotatable bonds is 2. The number of sulfonamides is 1. The van der Waals surface area contributed by atoms with E-state index in [0.717, 1.165) is 5.56 Å². The molecule has 1 aliphatic heterocycles. The Balaban J connectivity index is 2.16. The standard InChI is InChI=1S/C16H17ClN2O2S/c1-11-6-7-13(17)9-16(11)22(20,21)19-10-14(18)8-12-4-2-3-5-15(12)19/h2-7,9,14H,8,10,18H2,1H3. The first kappa shape index (κ1) is 15.3. The number of benzene rings is 2. The van der Waals surface area contributed by atoms with Crippen molar-refractivity contribution in [1.82, 2.24) is 0 Å². The molecule has 0 saturated heterocycles. The van der Waals surface area contributed by atoms with E-state index in [9.17, 15) is 8.42 Å². The van der Waals surface area contributed by atoms with Crippen molar-refractivity contribution < 1.29 is 8.42 Å². The number of nitrogens with two attached hydrogens (primary N) is 1. The minimum atomic E-state index is -3.69. The molecule has 0 aliphatic carbocycles. The van der Waals surface area contributed by atoms with E-state index in [1.54, 1.807) is 19.1 Å². The minimum Gasteiger partial charge on any atom is -0.326 e. The molecule has 1 heterocycles. The van der Waals surface area contributed by atoms with E-state index < -0.39 is 10.0 Å². The predicted octanol–water partition coefficient (Wildman–Crippen LogP) is 2.73. The molecule has 1 aliphatic rings. The fraction of sp³-hybridized carbons (Fsp3) is 0.250. The molecule has 6 heteroatoms. The fourth-order valence-corrected chi connectivity index (χ4v) is 4.83. The van der Waals surface area contributed by atoms with Crippen molar-refractivity contribution in [3.63, 3.8) is 0 Å². The summed E-state index contributed by atoms with van der Waals surface area (Å²) in [5.41, 5.74) is 8.36. The molecule has 2 aromatic carbocycles. The first-order valence-electron chi connectivity index (χ1n) is 7.02. The Labute approximate surface area is 135 Å². The Bertz CT molecular complexity index is 821. The number of para-hydroxylation sites is 1. The number of fused-ring (bicyclic) bond motifs is 1. The molecule has 116 valence electrons. The van der Waals surface area contributed by atoms with E-state index in [4.69, 9.17) is 17.3 Å². The number of hydrogen-bond acceptors (Lipinski definition) is 3. The van der Waals surface area contributed by atoms with E-state index in [0.29, 0.717) is 22.7 Å². The van der Waals surface area contributed by atoms with Gasteiger partial charge in [-0.25, -0.2) is 8.42 Å². The van der Waals surface area contributed by atoms with Crippen LogP contribution in [0.4, 0.5) is 5.69 Å². The fourth-order valence-electron chi connectivity index (χ4n) is 2.78. The Morgan fingerprint density at radius 1 is 1.23 bits per heavy atom. The van der Waals surface area contributed by atoms with Gasteiger partial charge in [-0.3, -0.25) is 4.31 Å². The van der Waals surface area contributed by atoms with Gasteiger partial charge in [0.2, 0.25) is 0 Å². The quantitative estimate of drug-likeness (QED) is 0.917. The van der Waals surface area contributed by atoms with Gasteiger partial charge in [0, 0.05) is 17.6 Å². The summed E-state index contributed by atoms with van der Waals surface area (Å²) in [6.07, 6.45) is 0.677. The molecule has 0 bridgehead atoms.